The lowest BCUT2D eigenvalue weighted by Crippen LogP contribution is -2.27. The number of carbonyl (C=O) groups is 1. The highest BCUT2D eigenvalue weighted by Gasteiger charge is 2.17. The zero-order valence-corrected chi connectivity index (χ0v) is 11.4. The molecule has 0 spiro atoms. The van der Waals surface area contributed by atoms with Crippen LogP contribution in [0.2, 0.25) is 5.02 Å². The third-order valence-corrected chi connectivity index (χ3v) is 3.12. The first-order valence-electron chi connectivity index (χ1n) is 5.79. The molecular formula is C15H13ClFNO. The Labute approximate surface area is 116 Å². The Balaban J connectivity index is 2.33. The summed E-state index contributed by atoms with van der Waals surface area (Å²) in [5.41, 5.74) is 1.77. The first-order chi connectivity index (χ1) is 8.99. The molecule has 0 atom stereocenters. The SMILES string of the molecule is Cc1ccc(N(C)C(=O)c2cc(Cl)ccc2F)cc1. The van der Waals surface area contributed by atoms with Crippen LogP contribution in [0.1, 0.15) is 15.9 Å². The van der Waals surface area contributed by atoms with Crippen LogP contribution in [-0.4, -0.2) is 13.0 Å². The van der Waals surface area contributed by atoms with Gasteiger partial charge in [0.15, 0.2) is 0 Å². The minimum atomic E-state index is -0.576. The van der Waals surface area contributed by atoms with Crippen LogP contribution >= 0.6 is 11.6 Å². The number of benzene rings is 2. The van der Waals surface area contributed by atoms with Crippen LogP contribution in [0.15, 0.2) is 42.5 Å². The Morgan fingerprint density at radius 3 is 2.42 bits per heavy atom. The number of anilines is 1. The fourth-order valence-electron chi connectivity index (χ4n) is 1.73. The van der Waals surface area contributed by atoms with E-state index in [1.165, 1.54) is 23.1 Å². The normalized spacial score (nSPS) is 10.3. The van der Waals surface area contributed by atoms with Gasteiger partial charge in [-0.05, 0) is 37.3 Å². The average molecular weight is 278 g/mol. The molecule has 0 saturated heterocycles. The lowest BCUT2D eigenvalue weighted by Gasteiger charge is -2.18. The summed E-state index contributed by atoms with van der Waals surface area (Å²) < 4.78 is 13.7. The van der Waals surface area contributed by atoms with E-state index in [2.05, 4.69) is 0 Å². The summed E-state index contributed by atoms with van der Waals surface area (Å²) in [7, 11) is 1.60. The second-order valence-corrected chi connectivity index (χ2v) is 4.76. The van der Waals surface area contributed by atoms with Gasteiger partial charge in [-0.1, -0.05) is 29.3 Å². The Bertz CT molecular complexity index is 610. The zero-order chi connectivity index (χ0) is 14.0. The van der Waals surface area contributed by atoms with Crippen molar-refractivity contribution in [1.29, 1.82) is 0 Å². The van der Waals surface area contributed by atoms with Crippen molar-refractivity contribution in [3.05, 3.63) is 64.4 Å². The minimum absolute atomic E-state index is 0.0319. The van der Waals surface area contributed by atoms with Crippen LogP contribution in [0.4, 0.5) is 10.1 Å². The highest BCUT2D eigenvalue weighted by atomic mass is 35.5. The van der Waals surface area contributed by atoms with Gasteiger partial charge in [0, 0.05) is 17.8 Å². The molecule has 98 valence electrons. The van der Waals surface area contributed by atoms with Crippen molar-refractivity contribution in [2.45, 2.75) is 6.92 Å². The summed E-state index contributed by atoms with van der Waals surface area (Å²) in [6.45, 7) is 1.96. The molecule has 2 aromatic carbocycles. The van der Waals surface area contributed by atoms with Crippen molar-refractivity contribution in [1.82, 2.24) is 0 Å². The number of hydrogen-bond donors (Lipinski definition) is 0. The number of aryl methyl sites for hydroxylation is 1. The van der Waals surface area contributed by atoms with Crippen LogP contribution in [0, 0.1) is 12.7 Å². The molecule has 0 N–H and O–H groups in total. The van der Waals surface area contributed by atoms with Gasteiger partial charge in [-0.25, -0.2) is 4.39 Å². The third kappa shape index (κ3) is 2.93. The molecule has 0 aromatic heterocycles. The number of amides is 1. The molecular weight excluding hydrogens is 265 g/mol. The van der Waals surface area contributed by atoms with E-state index in [4.69, 9.17) is 11.6 Å². The molecule has 1 amide bonds. The van der Waals surface area contributed by atoms with E-state index in [1.807, 2.05) is 31.2 Å². The monoisotopic (exact) mass is 277 g/mol. The van der Waals surface area contributed by atoms with Gasteiger partial charge in [0.1, 0.15) is 5.82 Å². The third-order valence-electron chi connectivity index (χ3n) is 2.88. The quantitative estimate of drug-likeness (QED) is 0.810. The summed E-state index contributed by atoms with van der Waals surface area (Å²) in [6.07, 6.45) is 0. The molecule has 4 heteroatoms. The predicted molar refractivity (Wildman–Crippen MR) is 75.3 cm³/mol. The largest absolute Gasteiger partial charge is 0.311 e. The molecule has 0 saturated carbocycles. The van der Waals surface area contributed by atoms with Crippen molar-refractivity contribution >= 4 is 23.2 Å². The van der Waals surface area contributed by atoms with E-state index < -0.39 is 11.7 Å². The second-order valence-electron chi connectivity index (χ2n) is 4.32. The summed E-state index contributed by atoms with van der Waals surface area (Å²) in [6, 6.07) is 11.4. The highest BCUT2D eigenvalue weighted by molar-refractivity contribution is 6.31. The van der Waals surface area contributed by atoms with Gasteiger partial charge in [-0.15, -0.1) is 0 Å². The number of rotatable bonds is 2. The molecule has 19 heavy (non-hydrogen) atoms. The molecule has 0 bridgehead atoms. The van der Waals surface area contributed by atoms with E-state index in [0.29, 0.717) is 10.7 Å². The summed E-state index contributed by atoms with van der Waals surface area (Å²) in [4.78, 5) is 13.6. The van der Waals surface area contributed by atoms with Gasteiger partial charge >= 0.3 is 0 Å². The number of halogens is 2. The number of nitrogens with zero attached hydrogens (tertiary/aromatic N) is 1. The maximum atomic E-state index is 13.7. The van der Waals surface area contributed by atoms with Gasteiger partial charge < -0.3 is 4.90 Å². The number of carbonyl (C=O) groups excluding carboxylic acids is 1. The number of hydrogen-bond acceptors (Lipinski definition) is 1. The second kappa shape index (κ2) is 5.41. The lowest BCUT2D eigenvalue weighted by molar-refractivity contribution is 0.0989. The standard InChI is InChI=1S/C15H13ClFNO/c1-10-3-6-12(7-4-10)18(2)15(19)13-9-11(16)5-8-14(13)17/h3-9H,1-2H3. The molecule has 0 radical (unpaired) electrons. The van der Waals surface area contributed by atoms with Gasteiger partial charge in [0.05, 0.1) is 5.56 Å². The maximum absolute atomic E-state index is 13.7. The smallest absolute Gasteiger partial charge is 0.261 e. The fourth-order valence-corrected chi connectivity index (χ4v) is 1.90. The molecule has 2 aromatic rings. The topological polar surface area (TPSA) is 20.3 Å². The van der Waals surface area contributed by atoms with Crippen LogP contribution in [0.3, 0.4) is 0 Å². The highest BCUT2D eigenvalue weighted by Crippen LogP contribution is 2.20. The molecule has 0 aliphatic rings. The van der Waals surface area contributed by atoms with Gasteiger partial charge in [-0.2, -0.15) is 0 Å². The van der Waals surface area contributed by atoms with Crippen molar-refractivity contribution in [2.24, 2.45) is 0 Å². The molecule has 0 aliphatic carbocycles. The molecule has 0 unspecified atom stereocenters. The Hall–Kier alpha value is -1.87. The Kier molecular flexibility index (Phi) is 3.86. The van der Waals surface area contributed by atoms with Crippen molar-refractivity contribution < 1.29 is 9.18 Å². The minimum Gasteiger partial charge on any atom is -0.311 e. The predicted octanol–water partition coefficient (Wildman–Crippen LogP) is 4.06. The molecule has 2 nitrogen and oxygen atoms in total. The average Bonchev–Trinajstić information content (AvgIpc) is 2.41. The van der Waals surface area contributed by atoms with Gasteiger partial charge in [0.25, 0.3) is 5.91 Å². The van der Waals surface area contributed by atoms with Gasteiger partial charge in [0.2, 0.25) is 0 Å². The maximum Gasteiger partial charge on any atom is 0.261 e. The van der Waals surface area contributed by atoms with E-state index in [9.17, 15) is 9.18 Å². The van der Waals surface area contributed by atoms with E-state index >= 15 is 0 Å². The summed E-state index contributed by atoms with van der Waals surface area (Å²) in [5, 5.41) is 0.335. The lowest BCUT2D eigenvalue weighted by atomic mass is 10.1. The summed E-state index contributed by atoms with van der Waals surface area (Å²) in [5.74, 6) is -1.00. The molecule has 2 rings (SSSR count). The Morgan fingerprint density at radius 2 is 1.79 bits per heavy atom. The van der Waals surface area contributed by atoms with E-state index in [0.717, 1.165) is 5.56 Å². The fraction of sp³-hybridized carbons (Fsp3) is 0.133. The van der Waals surface area contributed by atoms with E-state index in [-0.39, 0.29) is 5.56 Å². The summed E-state index contributed by atoms with van der Waals surface area (Å²) >= 11 is 5.79. The van der Waals surface area contributed by atoms with E-state index in [1.54, 1.807) is 7.05 Å². The van der Waals surface area contributed by atoms with Gasteiger partial charge in [-0.3, -0.25) is 4.79 Å². The molecule has 0 heterocycles. The van der Waals surface area contributed by atoms with Crippen LogP contribution in [0.5, 0.6) is 0 Å². The molecule has 0 fully saturated rings. The van der Waals surface area contributed by atoms with Crippen molar-refractivity contribution in [2.75, 3.05) is 11.9 Å². The first-order valence-corrected chi connectivity index (χ1v) is 6.16. The van der Waals surface area contributed by atoms with Crippen molar-refractivity contribution in [3.8, 4) is 0 Å². The Morgan fingerprint density at radius 1 is 1.16 bits per heavy atom. The van der Waals surface area contributed by atoms with Crippen LogP contribution in [0.25, 0.3) is 0 Å². The zero-order valence-electron chi connectivity index (χ0n) is 10.7. The van der Waals surface area contributed by atoms with Crippen LogP contribution in [-0.2, 0) is 0 Å². The van der Waals surface area contributed by atoms with Crippen LogP contribution < -0.4 is 4.90 Å². The molecule has 0 aliphatic heterocycles. The van der Waals surface area contributed by atoms with Crippen molar-refractivity contribution in [3.63, 3.8) is 0 Å². The first kappa shape index (κ1) is 13.6.